The Morgan fingerprint density at radius 1 is 0.889 bits per heavy atom. The first-order valence-corrected chi connectivity index (χ1v) is 10.2. The number of unbranched alkanes of at least 4 members (excludes halogenated alkanes) is 7. The molecule has 1 aromatic rings. The summed E-state index contributed by atoms with van der Waals surface area (Å²) in [6, 6.07) is 9.80. The standard InChI is InChI=1S/C15H22O2.C7H15NO2/c1-2-3-4-5-9-12-15(16)17-13-14-10-7-6-8-11-14;8-6-4-2-1-3-5-7(9)10/h6-8,10-11H,2-5,9,12-13H2,1H3;1-6,8H2,(H,9,10). The van der Waals surface area contributed by atoms with Crippen LogP contribution < -0.4 is 5.73 Å². The van der Waals surface area contributed by atoms with Gasteiger partial charge in [-0.2, -0.15) is 0 Å². The van der Waals surface area contributed by atoms with Gasteiger partial charge in [-0.1, -0.05) is 75.8 Å². The summed E-state index contributed by atoms with van der Waals surface area (Å²) >= 11 is 0. The Labute approximate surface area is 164 Å². The summed E-state index contributed by atoms with van der Waals surface area (Å²) in [4.78, 5) is 21.4. The summed E-state index contributed by atoms with van der Waals surface area (Å²) in [6.45, 7) is 3.30. The topological polar surface area (TPSA) is 89.6 Å². The number of hydrogen-bond donors (Lipinski definition) is 2. The predicted molar refractivity (Wildman–Crippen MR) is 109 cm³/mol. The van der Waals surface area contributed by atoms with E-state index in [1.54, 1.807) is 0 Å². The van der Waals surface area contributed by atoms with Crippen LogP contribution in [0.3, 0.4) is 0 Å². The fourth-order valence-corrected chi connectivity index (χ4v) is 2.46. The van der Waals surface area contributed by atoms with Crippen LogP contribution in [0.1, 0.15) is 83.1 Å². The summed E-state index contributed by atoms with van der Waals surface area (Å²) < 4.78 is 5.20. The number of carbonyl (C=O) groups excluding carboxylic acids is 1. The number of nitrogens with two attached hydrogens (primary N) is 1. The molecule has 0 heterocycles. The average Bonchev–Trinajstić information content (AvgIpc) is 2.67. The highest BCUT2D eigenvalue weighted by molar-refractivity contribution is 5.69. The van der Waals surface area contributed by atoms with Gasteiger partial charge >= 0.3 is 11.9 Å². The largest absolute Gasteiger partial charge is 0.481 e. The highest BCUT2D eigenvalue weighted by Crippen LogP contribution is 2.07. The van der Waals surface area contributed by atoms with Crippen molar-refractivity contribution in [2.24, 2.45) is 5.73 Å². The molecule has 5 nitrogen and oxygen atoms in total. The third kappa shape index (κ3) is 18.7. The molecule has 0 saturated heterocycles. The number of carboxylic acid groups (broad SMARTS) is 1. The van der Waals surface area contributed by atoms with Crippen LogP contribution in [0.5, 0.6) is 0 Å². The van der Waals surface area contributed by atoms with Crippen LogP contribution in [-0.2, 0) is 20.9 Å². The fraction of sp³-hybridized carbons (Fsp3) is 0.636. The molecule has 0 bridgehead atoms. The van der Waals surface area contributed by atoms with Crippen LogP contribution in [0.2, 0.25) is 0 Å². The van der Waals surface area contributed by atoms with Crippen LogP contribution in [0, 0.1) is 0 Å². The molecule has 0 fully saturated rings. The first kappa shape index (κ1) is 25.1. The van der Waals surface area contributed by atoms with E-state index in [1.807, 2.05) is 30.3 Å². The van der Waals surface area contributed by atoms with Crippen molar-refractivity contribution in [1.82, 2.24) is 0 Å². The van der Waals surface area contributed by atoms with E-state index in [1.165, 1.54) is 19.3 Å². The molecule has 1 rings (SSSR count). The Morgan fingerprint density at radius 3 is 2.07 bits per heavy atom. The van der Waals surface area contributed by atoms with E-state index in [-0.39, 0.29) is 5.97 Å². The van der Waals surface area contributed by atoms with Crippen molar-refractivity contribution in [2.75, 3.05) is 6.54 Å². The molecule has 154 valence electrons. The predicted octanol–water partition coefficient (Wildman–Crippen LogP) is 5.07. The molecule has 3 N–H and O–H groups in total. The zero-order chi connectivity index (χ0) is 20.2. The maximum atomic E-state index is 11.4. The van der Waals surface area contributed by atoms with Gasteiger partial charge in [-0.3, -0.25) is 9.59 Å². The summed E-state index contributed by atoms with van der Waals surface area (Å²) in [5.41, 5.74) is 6.30. The van der Waals surface area contributed by atoms with E-state index >= 15 is 0 Å². The number of benzene rings is 1. The molecule has 0 amide bonds. The maximum absolute atomic E-state index is 11.4. The van der Waals surface area contributed by atoms with Crippen molar-refractivity contribution in [2.45, 2.75) is 84.2 Å². The van der Waals surface area contributed by atoms with Gasteiger partial charge < -0.3 is 15.6 Å². The van der Waals surface area contributed by atoms with E-state index in [9.17, 15) is 9.59 Å². The van der Waals surface area contributed by atoms with Gasteiger partial charge in [0.15, 0.2) is 0 Å². The molecule has 0 aliphatic rings. The van der Waals surface area contributed by atoms with Gasteiger partial charge in [-0.25, -0.2) is 0 Å². The van der Waals surface area contributed by atoms with Crippen molar-refractivity contribution in [3.63, 3.8) is 0 Å². The first-order chi connectivity index (χ1) is 13.1. The van der Waals surface area contributed by atoms with Crippen LogP contribution in [0.25, 0.3) is 0 Å². The number of aliphatic carboxylic acids is 1. The molecule has 1 aromatic carbocycles. The fourth-order valence-electron chi connectivity index (χ4n) is 2.46. The normalized spacial score (nSPS) is 10.0. The molecular weight excluding hydrogens is 342 g/mol. The van der Waals surface area contributed by atoms with Gasteiger partial charge in [0.1, 0.15) is 6.61 Å². The van der Waals surface area contributed by atoms with Crippen molar-refractivity contribution in [1.29, 1.82) is 0 Å². The first-order valence-electron chi connectivity index (χ1n) is 10.2. The molecule has 5 heteroatoms. The van der Waals surface area contributed by atoms with Gasteiger partial charge in [-0.05, 0) is 31.4 Å². The maximum Gasteiger partial charge on any atom is 0.306 e. The van der Waals surface area contributed by atoms with Crippen LogP contribution in [0.15, 0.2) is 30.3 Å². The molecule has 0 aromatic heterocycles. The molecule has 0 radical (unpaired) electrons. The molecule has 0 atom stereocenters. The van der Waals surface area contributed by atoms with E-state index in [2.05, 4.69) is 6.92 Å². The van der Waals surface area contributed by atoms with E-state index in [0.717, 1.165) is 44.1 Å². The second kappa shape index (κ2) is 18.9. The lowest BCUT2D eigenvalue weighted by Gasteiger charge is -2.04. The smallest absolute Gasteiger partial charge is 0.306 e. The number of ether oxygens (including phenoxy) is 1. The zero-order valence-corrected chi connectivity index (χ0v) is 16.8. The van der Waals surface area contributed by atoms with Crippen molar-refractivity contribution < 1.29 is 19.4 Å². The lowest BCUT2D eigenvalue weighted by molar-refractivity contribution is -0.145. The molecule has 0 aliphatic heterocycles. The van der Waals surface area contributed by atoms with Crippen LogP contribution in [0.4, 0.5) is 0 Å². The zero-order valence-electron chi connectivity index (χ0n) is 16.8. The van der Waals surface area contributed by atoms with Gasteiger partial charge in [0.05, 0.1) is 0 Å². The summed E-state index contributed by atoms with van der Waals surface area (Å²) in [5.74, 6) is -0.780. The minimum absolute atomic E-state index is 0.0784. The quantitative estimate of drug-likeness (QED) is 0.348. The number of carbonyl (C=O) groups is 2. The Hall–Kier alpha value is -1.88. The third-order valence-corrected chi connectivity index (χ3v) is 4.07. The molecule has 0 aliphatic carbocycles. The Kier molecular flexibility index (Phi) is 17.6. The molecular formula is C22H37NO4. The van der Waals surface area contributed by atoms with Crippen molar-refractivity contribution in [3.8, 4) is 0 Å². The second-order valence-electron chi connectivity index (χ2n) is 6.66. The van der Waals surface area contributed by atoms with Gasteiger partial charge in [0.25, 0.3) is 0 Å². The average molecular weight is 380 g/mol. The number of esters is 1. The summed E-state index contributed by atoms with van der Waals surface area (Å²) in [5, 5.41) is 8.25. The van der Waals surface area contributed by atoms with Gasteiger partial charge in [0.2, 0.25) is 0 Å². The SMILES string of the molecule is CCCCCCCC(=O)OCc1ccccc1.NCCCCCCC(=O)O. The minimum atomic E-state index is -0.701. The van der Waals surface area contributed by atoms with Gasteiger partial charge in [-0.15, -0.1) is 0 Å². The number of hydrogen-bond acceptors (Lipinski definition) is 4. The van der Waals surface area contributed by atoms with E-state index in [4.69, 9.17) is 15.6 Å². The number of carboxylic acids is 1. The van der Waals surface area contributed by atoms with Crippen LogP contribution >= 0.6 is 0 Å². The highest BCUT2D eigenvalue weighted by atomic mass is 16.5. The van der Waals surface area contributed by atoms with E-state index in [0.29, 0.717) is 26.0 Å². The Morgan fingerprint density at radius 2 is 1.48 bits per heavy atom. The van der Waals surface area contributed by atoms with E-state index < -0.39 is 5.97 Å². The lowest BCUT2D eigenvalue weighted by Crippen LogP contribution is -2.04. The summed E-state index contributed by atoms with van der Waals surface area (Å²) in [7, 11) is 0. The van der Waals surface area contributed by atoms with Crippen molar-refractivity contribution >= 4 is 11.9 Å². The monoisotopic (exact) mass is 379 g/mol. The molecule has 0 unspecified atom stereocenters. The second-order valence-corrected chi connectivity index (χ2v) is 6.66. The van der Waals surface area contributed by atoms with Gasteiger partial charge in [0, 0.05) is 12.8 Å². The highest BCUT2D eigenvalue weighted by Gasteiger charge is 2.02. The molecule has 0 spiro atoms. The van der Waals surface area contributed by atoms with Crippen molar-refractivity contribution in [3.05, 3.63) is 35.9 Å². The van der Waals surface area contributed by atoms with Crippen LogP contribution in [-0.4, -0.2) is 23.6 Å². The molecule has 0 saturated carbocycles. The minimum Gasteiger partial charge on any atom is -0.481 e. The summed E-state index contributed by atoms with van der Waals surface area (Å²) in [6.07, 6.45) is 10.5. The number of rotatable bonds is 14. The lowest BCUT2D eigenvalue weighted by atomic mass is 10.1. The Balaban J connectivity index is 0.000000580. The Bertz CT molecular complexity index is 476. The molecule has 27 heavy (non-hydrogen) atoms. The third-order valence-electron chi connectivity index (χ3n) is 4.07.